The van der Waals surface area contributed by atoms with Gasteiger partial charge in [0.1, 0.15) is 5.60 Å². The second-order valence-corrected chi connectivity index (χ2v) is 6.94. The Labute approximate surface area is 136 Å². The third kappa shape index (κ3) is 18.9. The monoisotopic (exact) mass is 316 g/mol. The van der Waals surface area contributed by atoms with E-state index in [0.29, 0.717) is 0 Å². The van der Waals surface area contributed by atoms with Gasteiger partial charge in [0.05, 0.1) is 12.0 Å². The minimum Gasteiger partial charge on any atom is -0.463 e. The van der Waals surface area contributed by atoms with Crippen molar-refractivity contribution in [2.75, 3.05) is 0 Å². The van der Waals surface area contributed by atoms with E-state index >= 15 is 0 Å². The SMILES string of the molecule is CC(=O)OC(C)C.CCCCCCC(C)C(=O)OC(C)(C)C. The van der Waals surface area contributed by atoms with E-state index in [1.54, 1.807) is 0 Å². The second kappa shape index (κ2) is 12.5. The summed E-state index contributed by atoms with van der Waals surface area (Å²) in [4.78, 5) is 21.6. The lowest BCUT2D eigenvalue weighted by molar-refractivity contribution is -0.159. The number of carbonyl (C=O) groups excluding carboxylic acids is 2. The first kappa shape index (κ1) is 23.2. The summed E-state index contributed by atoms with van der Waals surface area (Å²) >= 11 is 0. The van der Waals surface area contributed by atoms with Gasteiger partial charge < -0.3 is 9.47 Å². The van der Waals surface area contributed by atoms with Crippen LogP contribution in [0.1, 0.15) is 87.5 Å². The van der Waals surface area contributed by atoms with Crippen molar-refractivity contribution in [3.8, 4) is 0 Å². The Balaban J connectivity index is 0. The number of ether oxygens (including phenoxy) is 2. The van der Waals surface area contributed by atoms with E-state index in [9.17, 15) is 9.59 Å². The van der Waals surface area contributed by atoms with Crippen LogP contribution in [0.5, 0.6) is 0 Å². The van der Waals surface area contributed by atoms with Gasteiger partial charge in [-0.15, -0.1) is 0 Å². The Morgan fingerprint density at radius 1 is 1.00 bits per heavy atom. The molecular weight excluding hydrogens is 280 g/mol. The van der Waals surface area contributed by atoms with Gasteiger partial charge in [-0.05, 0) is 41.0 Å². The maximum absolute atomic E-state index is 11.6. The van der Waals surface area contributed by atoms with E-state index in [1.165, 1.54) is 26.2 Å². The fraction of sp³-hybridized carbons (Fsp3) is 0.889. The standard InChI is InChI=1S/C13H26O2.C5H10O2/c1-6-7-8-9-10-11(2)12(14)15-13(3,4)5;1-4(2)7-5(3)6/h11H,6-10H2,1-5H3;4H,1-3H3. The van der Waals surface area contributed by atoms with Gasteiger partial charge in [-0.3, -0.25) is 9.59 Å². The lowest BCUT2D eigenvalue weighted by Gasteiger charge is -2.22. The van der Waals surface area contributed by atoms with E-state index in [4.69, 9.17) is 4.74 Å². The quantitative estimate of drug-likeness (QED) is 0.495. The van der Waals surface area contributed by atoms with Crippen molar-refractivity contribution in [1.82, 2.24) is 0 Å². The highest BCUT2D eigenvalue weighted by atomic mass is 16.6. The van der Waals surface area contributed by atoms with Crippen LogP contribution in [-0.4, -0.2) is 23.6 Å². The summed E-state index contributed by atoms with van der Waals surface area (Å²) in [6.45, 7) is 14.9. The zero-order valence-corrected chi connectivity index (χ0v) is 15.8. The molecule has 0 aliphatic heterocycles. The van der Waals surface area contributed by atoms with Crippen LogP contribution < -0.4 is 0 Å². The molecule has 22 heavy (non-hydrogen) atoms. The van der Waals surface area contributed by atoms with Crippen molar-refractivity contribution < 1.29 is 19.1 Å². The van der Waals surface area contributed by atoms with Gasteiger partial charge in [-0.25, -0.2) is 0 Å². The van der Waals surface area contributed by atoms with Crippen molar-refractivity contribution in [3.05, 3.63) is 0 Å². The molecule has 4 heteroatoms. The van der Waals surface area contributed by atoms with E-state index in [0.717, 1.165) is 12.8 Å². The summed E-state index contributed by atoms with van der Waals surface area (Å²) in [6, 6.07) is 0. The molecule has 0 aliphatic rings. The molecule has 0 aromatic heterocycles. The fourth-order valence-corrected chi connectivity index (χ4v) is 1.73. The minimum atomic E-state index is -0.352. The van der Waals surface area contributed by atoms with Gasteiger partial charge in [0.15, 0.2) is 0 Å². The molecule has 0 aliphatic carbocycles. The summed E-state index contributed by atoms with van der Waals surface area (Å²) in [5, 5.41) is 0. The average molecular weight is 316 g/mol. The highest BCUT2D eigenvalue weighted by molar-refractivity contribution is 5.72. The van der Waals surface area contributed by atoms with E-state index < -0.39 is 0 Å². The van der Waals surface area contributed by atoms with Crippen LogP contribution in [0.3, 0.4) is 0 Å². The van der Waals surface area contributed by atoms with Gasteiger partial charge in [-0.2, -0.15) is 0 Å². The van der Waals surface area contributed by atoms with Gasteiger partial charge in [0, 0.05) is 6.92 Å². The predicted octanol–water partition coefficient (Wildman–Crippen LogP) is 4.89. The first-order chi connectivity index (χ1) is 9.99. The molecule has 0 N–H and O–H groups in total. The Morgan fingerprint density at radius 3 is 1.86 bits per heavy atom. The molecule has 132 valence electrons. The van der Waals surface area contributed by atoms with Gasteiger partial charge in [0.2, 0.25) is 0 Å². The number of carbonyl (C=O) groups is 2. The molecule has 0 aromatic rings. The van der Waals surface area contributed by atoms with Gasteiger partial charge in [-0.1, -0.05) is 39.5 Å². The zero-order valence-electron chi connectivity index (χ0n) is 15.8. The van der Waals surface area contributed by atoms with Crippen LogP contribution in [0.2, 0.25) is 0 Å². The number of esters is 2. The molecule has 0 saturated carbocycles. The molecule has 0 radical (unpaired) electrons. The number of rotatable bonds is 7. The number of unbranched alkanes of at least 4 members (excludes halogenated alkanes) is 3. The largest absolute Gasteiger partial charge is 0.463 e. The van der Waals surface area contributed by atoms with Crippen LogP contribution in [0.15, 0.2) is 0 Å². The fourth-order valence-electron chi connectivity index (χ4n) is 1.73. The number of hydrogen-bond acceptors (Lipinski definition) is 4. The first-order valence-corrected chi connectivity index (χ1v) is 8.39. The van der Waals surface area contributed by atoms with E-state index in [1.807, 2.05) is 41.5 Å². The first-order valence-electron chi connectivity index (χ1n) is 8.39. The maximum Gasteiger partial charge on any atom is 0.309 e. The summed E-state index contributed by atoms with van der Waals surface area (Å²) in [6.07, 6.45) is 5.84. The Hall–Kier alpha value is -1.06. The zero-order chi connectivity index (χ0) is 17.8. The highest BCUT2D eigenvalue weighted by Gasteiger charge is 2.20. The van der Waals surface area contributed by atoms with Gasteiger partial charge >= 0.3 is 11.9 Å². The van der Waals surface area contributed by atoms with Gasteiger partial charge in [0.25, 0.3) is 0 Å². The molecule has 0 rings (SSSR count). The van der Waals surface area contributed by atoms with Crippen LogP contribution >= 0.6 is 0 Å². The van der Waals surface area contributed by atoms with Crippen LogP contribution in [0.25, 0.3) is 0 Å². The highest BCUT2D eigenvalue weighted by Crippen LogP contribution is 2.16. The van der Waals surface area contributed by atoms with Crippen molar-refractivity contribution in [1.29, 1.82) is 0 Å². The lowest BCUT2D eigenvalue weighted by atomic mass is 10.0. The molecule has 0 bridgehead atoms. The molecule has 4 nitrogen and oxygen atoms in total. The van der Waals surface area contributed by atoms with Crippen molar-refractivity contribution in [2.45, 2.75) is 99.2 Å². The molecule has 1 unspecified atom stereocenters. The Morgan fingerprint density at radius 2 is 1.55 bits per heavy atom. The third-order valence-electron chi connectivity index (χ3n) is 2.70. The van der Waals surface area contributed by atoms with Crippen molar-refractivity contribution in [2.24, 2.45) is 5.92 Å². The predicted molar refractivity (Wildman–Crippen MR) is 90.7 cm³/mol. The summed E-state index contributed by atoms with van der Waals surface area (Å²) in [5.74, 6) is -0.227. The Bertz CT molecular complexity index is 303. The van der Waals surface area contributed by atoms with E-state index in [2.05, 4.69) is 11.7 Å². The molecular formula is C18H36O4. The molecule has 0 aromatic carbocycles. The van der Waals surface area contributed by atoms with Crippen LogP contribution in [0, 0.1) is 5.92 Å². The summed E-state index contributed by atoms with van der Waals surface area (Å²) in [7, 11) is 0. The van der Waals surface area contributed by atoms with Crippen molar-refractivity contribution in [3.63, 3.8) is 0 Å². The smallest absolute Gasteiger partial charge is 0.309 e. The second-order valence-electron chi connectivity index (χ2n) is 6.94. The maximum atomic E-state index is 11.6. The molecule has 0 heterocycles. The molecule has 0 spiro atoms. The Kier molecular flexibility index (Phi) is 13.2. The molecule has 0 saturated heterocycles. The van der Waals surface area contributed by atoms with Crippen LogP contribution in [0.4, 0.5) is 0 Å². The topological polar surface area (TPSA) is 52.6 Å². The third-order valence-corrected chi connectivity index (χ3v) is 2.70. The number of hydrogen-bond donors (Lipinski definition) is 0. The molecule has 0 fully saturated rings. The van der Waals surface area contributed by atoms with E-state index in [-0.39, 0.29) is 29.6 Å². The summed E-state index contributed by atoms with van der Waals surface area (Å²) in [5.41, 5.74) is -0.352. The molecule has 1 atom stereocenters. The van der Waals surface area contributed by atoms with Crippen molar-refractivity contribution >= 4 is 11.9 Å². The average Bonchev–Trinajstić information content (AvgIpc) is 2.31. The summed E-state index contributed by atoms with van der Waals surface area (Å²) < 4.78 is 9.93. The lowest BCUT2D eigenvalue weighted by Crippen LogP contribution is -2.27. The molecule has 0 amide bonds. The van der Waals surface area contributed by atoms with Crippen LogP contribution in [-0.2, 0) is 19.1 Å². The normalized spacial score (nSPS) is 12.2. The minimum absolute atomic E-state index is 0.0255.